The number of halogens is 8. The Hall–Kier alpha value is -1.84. The minimum atomic E-state index is -5.84. The fourth-order valence-electron chi connectivity index (χ4n) is 0.803. The highest BCUT2D eigenvalue weighted by Gasteiger charge is 2.58. The molecule has 0 radical (unpaired) electrons. The van der Waals surface area contributed by atoms with Crippen molar-refractivity contribution in [1.29, 1.82) is 5.41 Å². The molecule has 0 saturated carbocycles. The van der Waals surface area contributed by atoms with Gasteiger partial charge in [-0.25, -0.2) is 0 Å². The van der Waals surface area contributed by atoms with Crippen molar-refractivity contribution in [3.63, 3.8) is 0 Å². The van der Waals surface area contributed by atoms with Crippen molar-refractivity contribution in [2.75, 3.05) is 6.54 Å². The molecule has 4 N–H and O–H groups in total. The van der Waals surface area contributed by atoms with Crippen LogP contribution in [0.3, 0.4) is 0 Å². The topological polar surface area (TPSA) is 106 Å². The number of alkyl halides is 8. The first-order valence-electron chi connectivity index (χ1n) is 5.01. The van der Waals surface area contributed by atoms with Gasteiger partial charge in [0.1, 0.15) is 6.54 Å². The molecule has 1 aliphatic heterocycles. The molecule has 1 heterocycles. The number of nitrogens with zero attached hydrogens (tertiary/aromatic N) is 1. The Labute approximate surface area is 123 Å². The largest absolute Gasteiger partial charge is 0.522 e. The first-order valence-corrected chi connectivity index (χ1v) is 6.45. The van der Waals surface area contributed by atoms with Crippen molar-refractivity contribution in [3.05, 3.63) is 12.4 Å². The van der Waals surface area contributed by atoms with Gasteiger partial charge in [0.15, 0.2) is 0 Å². The maximum Gasteiger partial charge on any atom is 0.522 e. The summed E-state index contributed by atoms with van der Waals surface area (Å²) in [7, 11) is -5.84. The molecular weight excluding hydrogens is 372 g/mol. The minimum absolute atomic E-state index is 0.355. The van der Waals surface area contributed by atoms with E-state index in [1.807, 2.05) is 0 Å². The van der Waals surface area contributed by atoms with Crippen molar-refractivity contribution in [2.24, 2.45) is 0 Å². The zero-order chi connectivity index (χ0) is 18.7. The second kappa shape index (κ2) is 6.73. The average Bonchev–Trinajstić information content (AvgIpc) is 2.28. The quantitative estimate of drug-likeness (QED) is 0.328. The molecule has 0 fully saturated rings. The summed E-state index contributed by atoms with van der Waals surface area (Å²) >= 11 is 0. The summed E-state index contributed by atoms with van der Waals surface area (Å²) in [5.74, 6) is -5.46. The smallest absolute Gasteiger partial charge is 0.330 e. The van der Waals surface area contributed by atoms with Crippen LogP contribution < -0.4 is 10.7 Å². The molecule has 0 saturated heterocycles. The zero-order valence-electron chi connectivity index (χ0n) is 10.5. The predicted molar refractivity (Wildman–Crippen MR) is 58.4 cm³/mol. The number of hydrogen-bond donors (Lipinski definition) is 4. The van der Waals surface area contributed by atoms with E-state index in [1.165, 1.54) is 6.20 Å². The lowest BCUT2D eigenvalue weighted by atomic mass is 10.3. The van der Waals surface area contributed by atoms with E-state index in [4.69, 9.17) is 18.4 Å². The van der Waals surface area contributed by atoms with Crippen molar-refractivity contribution in [3.8, 4) is 0 Å². The lowest BCUT2D eigenvalue weighted by Gasteiger charge is -2.31. The van der Waals surface area contributed by atoms with E-state index >= 15 is 0 Å². The molecule has 1 aliphatic rings. The standard InChI is InChI=1S/C6H7F5N4.CHF3O3S/c7-5(8,6(9,10)11)3-15-4(12)13-1-2-14-15;2-1(3,4)8(5,6)7/h1-2,14H,3H2,(H2,12,13);(H,5,6,7). The lowest BCUT2D eigenvalue weighted by Crippen LogP contribution is -2.56. The van der Waals surface area contributed by atoms with Crippen LogP contribution in [0.2, 0.25) is 0 Å². The molecule has 0 aliphatic carbocycles. The van der Waals surface area contributed by atoms with E-state index in [2.05, 4.69) is 10.7 Å². The normalized spacial score (nSPS) is 16.2. The van der Waals surface area contributed by atoms with Crippen LogP contribution in [0.1, 0.15) is 0 Å². The second-order valence-corrected chi connectivity index (χ2v) is 5.08. The van der Waals surface area contributed by atoms with E-state index in [9.17, 15) is 35.1 Å². The van der Waals surface area contributed by atoms with Crippen LogP contribution in [0.15, 0.2) is 12.4 Å². The fraction of sp³-hybridized carbons (Fsp3) is 0.571. The monoisotopic (exact) mass is 380 g/mol. The molecule has 0 unspecified atom stereocenters. The Balaban J connectivity index is 0.000000515. The van der Waals surface area contributed by atoms with E-state index in [1.54, 1.807) is 0 Å². The van der Waals surface area contributed by atoms with Crippen LogP contribution in [0.4, 0.5) is 35.1 Å². The number of guanidine groups is 1. The summed E-state index contributed by atoms with van der Waals surface area (Å²) in [6.07, 6.45) is -3.33. The summed E-state index contributed by atoms with van der Waals surface area (Å²) in [5, 5.41) is 9.56. The summed E-state index contributed by atoms with van der Waals surface area (Å²) in [5.41, 5.74) is -3.45. The van der Waals surface area contributed by atoms with Crippen LogP contribution in [0, 0.1) is 5.41 Å². The van der Waals surface area contributed by atoms with Gasteiger partial charge in [0, 0.05) is 12.4 Å². The van der Waals surface area contributed by atoms with E-state index in [0.717, 1.165) is 6.20 Å². The number of hydrazine groups is 1. The van der Waals surface area contributed by atoms with Crippen LogP contribution in [0.25, 0.3) is 0 Å². The molecule has 0 atom stereocenters. The molecule has 23 heavy (non-hydrogen) atoms. The van der Waals surface area contributed by atoms with Crippen LogP contribution >= 0.6 is 0 Å². The van der Waals surface area contributed by atoms with E-state index in [0.29, 0.717) is 5.01 Å². The molecule has 0 aromatic carbocycles. The van der Waals surface area contributed by atoms with Gasteiger partial charge in [0.25, 0.3) is 0 Å². The molecule has 0 spiro atoms. The number of hydrogen-bond acceptors (Lipinski definition) is 4. The van der Waals surface area contributed by atoms with Gasteiger partial charge < -0.3 is 10.7 Å². The first-order chi connectivity index (χ1) is 9.99. The zero-order valence-corrected chi connectivity index (χ0v) is 11.3. The molecule has 1 rings (SSSR count). The van der Waals surface area contributed by atoms with Crippen molar-refractivity contribution in [2.45, 2.75) is 17.6 Å². The average molecular weight is 380 g/mol. The Morgan fingerprint density at radius 1 is 1.09 bits per heavy atom. The molecule has 0 aromatic rings. The van der Waals surface area contributed by atoms with Gasteiger partial charge in [-0.2, -0.15) is 43.5 Å². The Bertz CT molecular complexity index is 555. The fourth-order valence-corrected chi connectivity index (χ4v) is 0.803. The SMILES string of the molecule is N=C1NC=CNN1CC(F)(F)C(F)(F)F.O=S(=O)(O)C(F)(F)F. The van der Waals surface area contributed by atoms with Crippen LogP contribution in [0.5, 0.6) is 0 Å². The molecule has 0 bridgehead atoms. The third kappa shape index (κ3) is 6.43. The van der Waals surface area contributed by atoms with Crippen LogP contribution in [-0.4, -0.2) is 48.1 Å². The van der Waals surface area contributed by atoms with E-state index < -0.39 is 40.2 Å². The van der Waals surface area contributed by atoms with Crippen LogP contribution in [-0.2, 0) is 10.1 Å². The minimum Gasteiger partial charge on any atom is -0.330 e. The second-order valence-electron chi connectivity index (χ2n) is 3.66. The van der Waals surface area contributed by atoms with Gasteiger partial charge in [-0.15, -0.1) is 0 Å². The number of nitrogens with one attached hydrogen (secondary N) is 3. The summed E-state index contributed by atoms with van der Waals surface area (Å²) in [4.78, 5) is 0. The van der Waals surface area contributed by atoms with Gasteiger partial charge in [0.2, 0.25) is 5.96 Å². The Kier molecular flexibility index (Phi) is 6.19. The van der Waals surface area contributed by atoms with Gasteiger partial charge in [-0.3, -0.25) is 15.0 Å². The van der Waals surface area contributed by atoms with Crippen molar-refractivity contribution >= 4 is 16.1 Å². The van der Waals surface area contributed by atoms with Gasteiger partial charge in [-0.1, -0.05) is 0 Å². The molecule has 16 heteroatoms. The summed E-state index contributed by atoms with van der Waals surface area (Å²) in [6, 6.07) is 0. The maximum absolute atomic E-state index is 12.5. The summed E-state index contributed by atoms with van der Waals surface area (Å²) < 4.78 is 118. The number of rotatable bonds is 2. The van der Waals surface area contributed by atoms with E-state index in [-0.39, 0.29) is 0 Å². The Morgan fingerprint density at radius 2 is 1.52 bits per heavy atom. The maximum atomic E-state index is 12.5. The van der Waals surface area contributed by atoms with Gasteiger partial charge >= 0.3 is 27.7 Å². The van der Waals surface area contributed by atoms with Gasteiger partial charge in [0.05, 0.1) is 0 Å². The first kappa shape index (κ1) is 21.2. The van der Waals surface area contributed by atoms with Crippen molar-refractivity contribution in [1.82, 2.24) is 15.8 Å². The molecule has 136 valence electrons. The molecule has 7 nitrogen and oxygen atoms in total. The third-order valence-electron chi connectivity index (χ3n) is 1.87. The summed E-state index contributed by atoms with van der Waals surface area (Å²) in [6.45, 7) is -1.66. The lowest BCUT2D eigenvalue weighted by molar-refractivity contribution is -0.285. The predicted octanol–water partition coefficient (Wildman–Crippen LogP) is 1.39. The molecule has 0 aromatic heterocycles. The highest BCUT2D eigenvalue weighted by molar-refractivity contribution is 7.86. The molecule has 0 amide bonds. The highest BCUT2D eigenvalue weighted by atomic mass is 32.2. The van der Waals surface area contributed by atoms with Crippen molar-refractivity contribution < 1.29 is 48.1 Å². The van der Waals surface area contributed by atoms with Gasteiger partial charge in [-0.05, 0) is 0 Å². The third-order valence-corrected chi connectivity index (χ3v) is 2.45. The Morgan fingerprint density at radius 3 is 1.83 bits per heavy atom. The molecular formula is C7H8F8N4O3S. The highest BCUT2D eigenvalue weighted by Crippen LogP contribution is 2.35.